The van der Waals surface area contributed by atoms with Gasteiger partial charge in [-0.2, -0.15) is 0 Å². The van der Waals surface area contributed by atoms with Gasteiger partial charge in [0.25, 0.3) is 0 Å². The van der Waals surface area contributed by atoms with E-state index in [0.29, 0.717) is 13.2 Å². The second kappa shape index (κ2) is 8.19. The molecular weight excluding hydrogens is 332 g/mol. The minimum atomic E-state index is -0.0250. The molecule has 1 N–H and O–H groups in total. The van der Waals surface area contributed by atoms with Crippen molar-refractivity contribution in [3.63, 3.8) is 0 Å². The van der Waals surface area contributed by atoms with Gasteiger partial charge in [-0.25, -0.2) is 4.98 Å². The van der Waals surface area contributed by atoms with Crippen LogP contribution in [0.4, 0.5) is 0 Å². The standard InChI is InChI=1S/C20H30N2O2S/c1-8-23-17-11-15(20(4,5)6)18(24-9-2)10-14(17)16-12-25-19(22-16)13(3)21-7/h10-13,21H,8-9H2,1-7H3. The summed E-state index contributed by atoms with van der Waals surface area (Å²) >= 11 is 1.66. The molecule has 0 radical (unpaired) electrons. The molecule has 0 fully saturated rings. The summed E-state index contributed by atoms with van der Waals surface area (Å²) in [4.78, 5) is 4.81. The van der Waals surface area contributed by atoms with E-state index >= 15 is 0 Å². The Morgan fingerprint density at radius 1 is 1.12 bits per heavy atom. The Bertz CT molecular complexity index is 704. The average molecular weight is 363 g/mol. The lowest BCUT2D eigenvalue weighted by Crippen LogP contribution is -2.14. The SMILES string of the molecule is CCOc1cc(C(C)(C)C)c(OCC)cc1-c1csc(C(C)NC)n1. The van der Waals surface area contributed by atoms with E-state index < -0.39 is 0 Å². The minimum absolute atomic E-state index is 0.0250. The molecule has 0 bridgehead atoms. The number of ether oxygens (including phenoxy) is 2. The Hall–Kier alpha value is -1.59. The second-order valence-corrected chi connectivity index (χ2v) is 7.93. The summed E-state index contributed by atoms with van der Waals surface area (Å²) in [6.07, 6.45) is 0. The normalized spacial score (nSPS) is 12.9. The van der Waals surface area contributed by atoms with Crippen LogP contribution in [0.2, 0.25) is 0 Å². The number of nitrogens with zero attached hydrogens (tertiary/aromatic N) is 1. The molecule has 0 aliphatic carbocycles. The van der Waals surface area contributed by atoms with Crippen molar-refractivity contribution < 1.29 is 9.47 Å². The van der Waals surface area contributed by atoms with Crippen molar-refractivity contribution in [2.45, 2.75) is 53.0 Å². The van der Waals surface area contributed by atoms with Gasteiger partial charge in [0, 0.05) is 16.5 Å². The molecule has 1 heterocycles. The first-order chi connectivity index (χ1) is 11.8. The Morgan fingerprint density at radius 3 is 2.32 bits per heavy atom. The molecule has 2 rings (SSSR count). The number of nitrogens with one attached hydrogen (secondary N) is 1. The fourth-order valence-corrected chi connectivity index (χ4v) is 3.51. The van der Waals surface area contributed by atoms with E-state index in [1.54, 1.807) is 11.3 Å². The predicted molar refractivity (Wildman–Crippen MR) is 106 cm³/mol. The van der Waals surface area contributed by atoms with Crippen LogP contribution in [0.5, 0.6) is 11.5 Å². The third kappa shape index (κ3) is 4.53. The first-order valence-corrected chi connectivity index (χ1v) is 9.76. The van der Waals surface area contributed by atoms with Gasteiger partial charge >= 0.3 is 0 Å². The summed E-state index contributed by atoms with van der Waals surface area (Å²) < 4.78 is 11.9. The van der Waals surface area contributed by atoms with Gasteiger partial charge in [0.05, 0.1) is 24.9 Å². The monoisotopic (exact) mass is 362 g/mol. The van der Waals surface area contributed by atoms with E-state index in [1.807, 2.05) is 20.9 Å². The fourth-order valence-electron chi connectivity index (χ4n) is 2.63. The van der Waals surface area contributed by atoms with E-state index in [9.17, 15) is 0 Å². The maximum atomic E-state index is 5.95. The highest BCUT2D eigenvalue weighted by Gasteiger charge is 2.23. The van der Waals surface area contributed by atoms with Crippen LogP contribution in [0.3, 0.4) is 0 Å². The van der Waals surface area contributed by atoms with Crippen LogP contribution in [0, 0.1) is 0 Å². The number of aromatic nitrogens is 1. The predicted octanol–water partition coefficient (Wildman–Crippen LogP) is 5.19. The number of hydrogen-bond acceptors (Lipinski definition) is 5. The van der Waals surface area contributed by atoms with E-state index in [-0.39, 0.29) is 11.5 Å². The van der Waals surface area contributed by atoms with Crippen molar-refractivity contribution in [1.29, 1.82) is 0 Å². The van der Waals surface area contributed by atoms with Crippen molar-refractivity contribution in [2.24, 2.45) is 0 Å². The fraction of sp³-hybridized carbons (Fsp3) is 0.550. The molecule has 0 amide bonds. The highest BCUT2D eigenvalue weighted by atomic mass is 32.1. The van der Waals surface area contributed by atoms with Crippen LogP contribution in [0.15, 0.2) is 17.5 Å². The Labute approximate surface area is 155 Å². The van der Waals surface area contributed by atoms with Crippen molar-refractivity contribution in [2.75, 3.05) is 20.3 Å². The van der Waals surface area contributed by atoms with Gasteiger partial charge in [-0.05, 0) is 45.4 Å². The average Bonchev–Trinajstić information content (AvgIpc) is 3.04. The summed E-state index contributed by atoms with van der Waals surface area (Å²) in [5.74, 6) is 1.77. The van der Waals surface area contributed by atoms with Crippen molar-refractivity contribution >= 4 is 11.3 Å². The van der Waals surface area contributed by atoms with Crippen LogP contribution < -0.4 is 14.8 Å². The highest BCUT2D eigenvalue weighted by molar-refractivity contribution is 7.10. The summed E-state index contributed by atoms with van der Waals surface area (Å²) in [5, 5.41) is 6.40. The lowest BCUT2D eigenvalue weighted by Gasteiger charge is -2.24. The van der Waals surface area contributed by atoms with Gasteiger partial charge in [0.1, 0.15) is 16.5 Å². The quantitative estimate of drug-likeness (QED) is 0.736. The molecule has 5 heteroatoms. The molecule has 1 aromatic carbocycles. The molecular formula is C20H30N2O2S. The topological polar surface area (TPSA) is 43.4 Å². The van der Waals surface area contributed by atoms with Crippen molar-refractivity contribution in [3.05, 3.63) is 28.1 Å². The zero-order valence-corrected chi connectivity index (χ0v) is 17.2. The molecule has 0 aliphatic rings. The second-order valence-electron chi connectivity index (χ2n) is 7.04. The van der Waals surface area contributed by atoms with Gasteiger partial charge in [0.15, 0.2) is 0 Å². The summed E-state index contributed by atoms with van der Waals surface area (Å²) in [6.45, 7) is 14.0. The molecule has 1 atom stereocenters. The van der Waals surface area contributed by atoms with Gasteiger partial charge in [0.2, 0.25) is 0 Å². The van der Waals surface area contributed by atoms with E-state index in [2.05, 4.69) is 50.5 Å². The number of hydrogen-bond donors (Lipinski definition) is 1. The maximum absolute atomic E-state index is 5.95. The molecule has 0 spiro atoms. The third-order valence-corrected chi connectivity index (χ3v) is 5.12. The molecule has 2 aromatic rings. The molecule has 0 saturated carbocycles. The van der Waals surface area contributed by atoms with E-state index in [0.717, 1.165) is 33.3 Å². The van der Waals surface area contributed by atoms with Crippen LogP contribution >= 0.6 is 11.3 Å². The summed E-state index contributed by atoms with van der Waals surface area (Å²) in [7, 11) is 1.95. The zero-order valence-electron chi connectivity index (χ0n) is 16.4. The molecule has 1 aromatic heterocycles. The molecule has 0 saturated heterocycles. The highest BCUT2D eigenvalue weighted by Crippen LogP contribution is 2.41. The van der Waals surface area contributed by atoms with Gasteiger partial charge in [-0.1, -0.05) is 20.8 Å². The first-order valence-electron chi connectivity index (χ1n) is 8.88. The molecule has 25 heavy (non-hydrogen) atoms. The van der Waals surface area contributed by atoms with Crippen LogP contribution in [0.1, 0.15) is 58.2 Å². The molecule has 138 valence electrons. The third-order valence-electron chi connectivity index (χ3n) is 4.09. The Morgan fingerprint density at radius 2 is 1.76 bits per heavy atom. The zero-order chi connectivity index (χ0) is 18.6. The van der Waals surface area contributed by atoms with E-state index in [4.69, 9.17) is 14.5 Å². The van der Waals surface area contributed by atoms with Crippen LogP contribution in [-0.2, 0) is 5.41 Å². The first kappa shape index (κ1) is 19.7. The lowest BCUT2D eigenvalue weighted by atomic mass is 9.85. The smallest absolute Gasteiger partial charge is 0.129 e. The number of benzene rings is 1. The van der Waals surface area contributed by atoms with E-state index in [1.165, 1.54) is 0 Å². The van der Waals surface area contributed by atoms with Gasteiger partial charge in [-0.15, -0.1) is 11.3 Å². The largest absolute Gasteiger partial charge is 0.494 e. The van der Waals surface area contributed by atoms with Gasteiger partial charge < -0.3 is 14.8 Å². The Kier molecular flexibility index (Phi) is 6.47. The lowest BCUT2D eigenvalue weighted by molar-refractivity contribution is 0.322. The number of thiazole rings is 1. The van der Waals surface area contributed by atoms with Crippen LogP contribution in [-0.4, -0.2) is 25.2 Å². The molecule has 4 nitrogen and oxygen atoms in total. The van der Waals surface area contributed by atoms with Crippen LogP contribution in [0.25, 0.3) is 11.3 Å². The number of rotatable bonds is 7. The summed E-state index contributed by atoms with van der Waals surface area (Å²) in [6, 6.07) is 4.43. The van der Waals surface area contributed by atoms with Crippen molar-refractivity contribution in [3.8, 4) is 22.8 Å². The maximum Gasteiger partial charge on any atom is 0.129 e. The molecule has 0 aliphatic heterocycles. The molecule has 1 unspecified atom stereocenters. The van der Waals surface area contributed by atoms with Crippen molar-refractivity contribution in [1.82, 2.24) is 10.3 Å². The van der Waals surface area contributed by atoms with Gasteiger partial charge in [-0.3, -0.25) is 0 Å². The minimum Gasteiger partial charge on any atom is -0.494 e. The summed E-state index contributed by atoms with van der Waals surface area (Å²) in [5.41, 5.74) is 3.06. The Balaban J connectivity index is 2.59.